The Kier molecular flexibility index (Phi) is 4.90. The van der Waals surface area contributed by atoms with Gasteiger partial charge in [0.05, 0.1) is 6.04 Å². The summed E-state index contributed by atoms with van der Waals surface area (Å²) in [6, 6.07) is 7.87. The molecular formula is C14H12Br2F2N2. The minimum absolute atomic E-state index is 0.167. The standard InChI is InChI=1S/C14H12Br2F2N2/c1-7-2-3-11(13(18)12(7)17)14(20-19)8-4-9(15)6-10(16)5-8/h2-6,14,20H,19H2,1H3. The zero-order valence-electron chi connectivity index (χ0n) is 10.6. The smallest absolute Gasteiger partial charge is 0.164 e. The van der Waals surface area contributed by atoms with Crippen LogP contribution in [0.25, 0.3) is 0 Å². The Morgan fingerprint density at radius 1 is 1.05 bits per heavy atom. The maximum Gasteiger partial charge on any atom is 0.164 e. The zero-order chi connectivity index (χ0) is 14.9. The van der Waals surface area contributed by atoms with Gasteiger partial charge >= 0.3 is 0 Å². The first-order valence-electron chi connectivity index (χ1n) is 5.80. The van der Waals surface area contributed by atoms with Crippen LogP contribution in [0.15, 0.2) is 39.3 Å². The molecular weight excluding hydrogens is 394 g/mol. The van der Waals surface area contributed by atoms with Gasteiger partial charge in [0.1, 0.15) is 0 Å². The first kappa shape index (κ1) is 15.6. The molecule has 0 bridgehead atoms. The fraction of sp³-hybridized carbons (Fsp3) is 0.143. The van der Waals surface area contributed by atoms with Crippen LogP contribution in [0.2, 0.25) is 0 Å². The quantitative estimate of drug-likeness (QED) is 0.588. The number of benzene rings is 2. The van der Waals surface area contributed by atoms with Crippen molar-refractivity contribution in [3.63, 3.8) is 0 Å². The number of nitrogens with one attached hydrogen (secondary N) is 1. The van der Waals surface area contributed by atoms with E-state index in [1.165, 1.54) is 19.1 Å². The highest BCUT2D eigenvalue weighted by Gasteiger charge is 2.20. The van der Waals surface area contributed by atoms with E-state index >= 15 is 0 Å². The van der Waals surface area contributed by atoms with E-state index in [9.17, 15) is 8.78 Å². The third-order valence-electron chi connectivity index (χ3n) is 3.00. The molecule has 106 valence electrons. The lowest BCUT2D eigenvalue weighted by Gasteiger charge is -2.19. The molecule has 2 rings (SSSR count). The second-order valence-corrected chi connectivity index (χ2v) is 6.23. The van der Waals surface area contributed by atoms with Crippen LogP contribution < -0.4 is 11.3 Å². The van der Waals surface area contributed by atoms with Gasteiger partial charge in [-0.2, -0.15) is 0 Å². The van der Waals surface area contributed by atoms with E-state index in [2.05, 4.69) is 37.3 Å². The minimum Gasteiger partial charge on any atom is -0.271 e. The van der Waals surface area contributed by atoms with Crippen LogP contribution in [-0.2, 0) is 0 Å². The van der Waals surface area contributed by atoms with Gasteiger partial charge in [-0.05, 0) is 36.2 Å². The molecule has 3 N–H and O–H groups in total. The molecule has 0 amide bonds. The molecule has 0 spiro atoms. The SMILES string of the molecule is Cc1ccc(C(NN)c2cc(Br)cc(Br)c2)c(F)c1F. The van der Waals surface area contributed by atoms with Gasteiger partial charge in [-0.15, -0.1) is 0 Å². The largest absolute Gasteiger partial charge is 0.271 e. The Bertz CT molecular complexity index is 627. The molecule has 0 aliphatic carbocycles. The molecule has 1 atom stereocenters. The summed E-state index contributed by atoms with van der Waals surface area (Å²) >= 11 is 6.72. The maximum absolute atomic E-state index is 14.1. The molecule has 0 aliphatic rings. The van der Waals surface area contributed by atoms with Crippen molar-refractivity contribution in [3.8, 4) is 0 Å². The predicted molar refractivity (Wildman–Crippen MR) is 82.1 cm³/mol. The van der Waals surface area contributed by atoms with Crippen molar-refractivity contribution < 1.29 is 8.78 Å². The number of hydrogen-bond acceptors (Lipinski definition) is 2. The lowest BCUT2D eigenvalue weighted by Crippen LogP contribution is -2.29. The first-order chi connectivity index (χ1) is 9.43. The molecule has 6 heteroatoms. The number of aryl methyl sites for hydroxylation is 1. The van der Waals surface area contributed by atoms with Gasteiger partial charge in [-0.1, -0.05) is 44.0 Å². The average Bonchev–Trinajstić information content (AvgIpc) is 2.38. The molecule has 0 heterocycles. The lowest BCUT2D eigenvalue weighted by atomic mass is 9.97. The van der Waals surface area contributed by atoms with E-state index < -0.39 is 17.7 Å². The second kappa shape index (κ2) is 6.30. The van der Waals surface area contributed by atoms with Crippen molar-refractivity contribution >= 4 is 31.9 Å². The van der Waals surface area contributed by atoms with Gasteiger partial charge in [0.2, 0.25) is 0 Å². The molecule has 2 nitrogen and oxygen atoms in total. The topological polar surface area (TPSA) is 38.0 Å². The number of halogens is 4. The Labute approximate surface area is 132 Å². The fourth-order valence-corrected chi connectivity index (χ4v) is 3.32. The normalized spacial score (nSPS) is 12.5. The highest BCUT2D eigenvalue weighted by Crippen LogP contribution is 2.30. The van der Waals surface area contributed by atoms with E-state index in [0.29, 0.717) is 0 Å². The molecule has 20 heavy (non-hydrogen) atoms. The lowest BCUT2D eigenvalue weighted by molar-refractivity contribution is 0.478. The van der Waals surface area contributed by atoms with Crippen molar-refractivity contribution in [1.29, 1.82) is 0 Å². The molecule has 0 aromatic heterocycles. The van der Waals surface area contributed by atoms with Crippen molar-refractivity contribution in [2.24, 2.45) is 5.84 Å². The summed E-state index contributed by atoms with van der Waals surface area (Å²) in [5, 5.41) is 0. The minimum atomic E-state index is -0.885. The average molecular weight is 406 g/mol. The molecule has 0 fully saturated rings. The molecule has 0 saturated heterocycles. The van der Waals surface area contributed by atoms with Crippen molar-refractivity contribution in [1.82, 2.24) is 5.43 Å². The van der Waals surface area contributed by atoms with E-state index in [1.807, 2.05) is 6.07 Å². The van der Waals surface area contributed by atoms with Crippen LogP contribution in [-0.4, -0.2) is 0 Å². The van der Waals surface area contributed by atoms with E-state index in [1.54, 1.807) is 12.1 Å². The van der Waals surface area contributed by atoms with Crippen LogP contribution in [0.5, 0.6) is 0 Å². The monoisotopic (exact) mass is 404 g/mol. The summed E-state index contributed by atoms with van der Waals surface area (Å²) in [4.78, 5) is 0. The number of nitrogens with two attached hydrogens (primary N) is 1. The van der Waals surface area contributed by atoms with Crippen LogP contribution in [0, 0.1) is 18.6 Å². The van der Waals surface area contributed by atoms with Gasteiger partial charge < -0.3 is 0 Å². The highest BCUT2D eigenvalue weighted by molar-refractivity contribution is 9.11. The van der Waals surface area contributed by atoms with Crippen LogP contribution in [0.4, 0.5) is 8.78 Å². The predicted octanol–water partition coefficient (Wildman–Crippen LogP) is 4.35. The summed E-state index contributed by atoms with van der Waals surface area (Å²) in [6.07, 6.45) is 0. The third kappa shape index (κ3) is 3.09. The van der Waals surface area contributed by atoms with Gasteiger partial charge in [0.25, 0.3) is 0 Å². The highest BCUT2D eigenvalue weighted by atomic mass is 79.9. The van der Waals surface area contributed by atoms with Crippen LogP contribution >= 0.6 is 31.9 Å². The van der Waals surface area contributed by atoms with Gasteiger partial charge in [-0.25, -0.2) is 14.2 Å². The fourth-order valence-electron chi connectivity index (χ4n) is 1.99. The summed E-state index contributed by atoms with van der Waals surface area (Å²) in [5.74, 6) is 3.79. The Morgan fingerprint density at radius 2 is 1.65 bits per heavy atom. The van der Waals surface area contributed by atoms with Gasteiger partial charge in [-0.3, -0.25) is 5.84 Å². The van der Waals surface area contributed by atoms with Gasteiger partial charge in [0.15, 0.2) is 11.6 Å². The van der Waals surface area contributed by atoms with Crippen LogP contribution in [0.1, 0.15) is 22.7 Å². The molecule has 0 aliphatic heterocycles. The molecule has 2 aromatic rings. The summed E-state index contributed by atoms with van der Waals surface area (Å²) in [5.41, 5.74) is 3.68. The van der Waals surface area contributed by atoms with E-state index in [0.717, 1.165) is 14.5 Å². The molecule has 0 saturated carbocycles. The maximum atomic E-state index is 14.1. The van der Waals surface area contributed by atoms with E-state index in [-0.39, 0.29) is 11.1 Å². The molecule has 2 aromatic carbocycles. The Balaban J connectivity index is 2.55. The van der Waals surface area contributed by atoms with Crippen LogP contribution in [0.3, 0.4) is 0 Å². The summed E-state index contributed by atoms with van der Waals surface area (Å²) < 4.78 is 29.4. The van der Waals surface area contributed by atoms with Crippen molar-refractivity contribution in [2.45, 2.75) is 13.0 Å². The molecule has 0 radical (unpaired) electrons. The third-order valence-corrected chi connectivity index (χ3v) is 3.92. The number of hydrogen-bond donors (Lipinski definition) is 2. The number of hydrazine groups is 1. The summed E-state index contributed by atoms with van der Waals surface area (Å²) in [6.45, 7) is 1.52. The van der Waals surface area contributed by atoms with Crippen molar-refractivity contribution in [2.75, 3.05) is 0 Å². The number of rotatable bonds is 3. The zero-order valence-corrected chi connectivity index (χ0v) is 13.7. The van der Waals surface area contributed by atoms with E-state index in [4.69, 9.17) is 5.84 Å². The van der Waals surface area contributed by atoms with Gasteiger partial charge in [0, 0.05) is 14.5 Å². The Hall–Kier alpha value is -0.820. The Morgan fingerprint density at radius 3 is 2.20 bits per heavy atom. The summed E-state index contributed by atoms with van der Waals surface area (Å²) in [7, 11) is 0. The van der Waals surface area contributed by atoms with Crippen molar-refractivity contribution in [3.05, 3.63) is 67.6 Å². The molecule has 1 unspecified atom stereocenters. The second-order valence-electron chi connectivity index (χ2n) is 4.40. The first-order valence-corrected chi connectivity index (χ1v) is 7.39.